The molecule has 8 nitrogen and oxygen atoms in total. The maximum absolute atomic E-state index is 14.9. The lowest BCUT2D eigenvalue weighted by molar-refractivity contribution is 0.0394. The predicted molar refractivity (Wildman–Crippen MR) is 123 cm³/mol. The minimum atomic E-state index is -0.890. The van der Waals surface area contributed by atoms with Crippen molar-refractivity contribution in [2.45, 2.75) is 20.0 Å². The largest absolute Gasteiger partial charge is 0.370 e. The Morgan fingerprint density at radius 3 is 2.56 bits per heavy atom. The van der Waals surface area contributed by atoms with Crippen molar-refractivity contribution in [2.75, 3.05) is 24.6 Å². The number of aryl methyl sites for hydroxylation is 2. The lowest BCUT2D eigenvalue weighted by Crippen LogP contribution is -2.39. The summed E-state index contributed by atoms with van der Waals surface area (Å²) in [5.74, 6) is -1.40. The van der Waals surface area contributed by atoms with Gasteiger partial charge in [0.2, 0.25) is 0 Å². The SMILES string of the molecule is Cc1nc2c(-c3c(F)cc(Cl)cc3F)nc(N3CCO[C@@H](c4cnn(C)c4)C3)cn2c(=O)c1C. The van der Waals surface area contributed by atoms with Crippen LogP contribution in [-0.2, 0) is 11.8 Å². The Kier molecular flexibility index (Phi) is 5.57. The maximum atomic E-state index is 14.9. The van der Waals surface area contributed by atoms with Crippen LogP contribution in [0.3, 0.4) is 0 Å². The topological polar surface area (TPSA) is 77.6 Å². The Morgan fingerprint density at radius 2 is 1.88 bits per heavy atom. The fraction of sp³-hybridized carbons (Fsp3) is 0.304. The molecule has 0 N–H and O–H groups in total. The van der Waals surface area contributed by atoms with Crippen molar-refractivity contribution < 1.29 is 13.5 Å². The van der Waals surface area contributed by atoms with Gasteiger partial charge in [-0.1, -0.05) is 11.6 Å². The van der Waals surface area contributed by atoms with E-state index in [0.29, 0.717) is 36.8 Å². The number of fused-ring (bicyclic) bond motifs is 1. The molecule has 0 amide bonds. The molecular formula is C23H21ClF2N6O2. The molecule has 4 aromatic rings. The van der Waals surface area contributed by atoms with E-state index in [2.05, 4.69) is 15.1 Å². The van der Waals surface area contributed by atoms with E-state index in [-0.39, 0.29) is 28.0 Å². The molecule has 1 aliphatic heterocycles. The molecule has 1 aliphatic rings. The molecule has 0 radical (unpaired) electrons. The van der Waals surface area contributed by atoms with E-state index in [4.69, 9.17) is 16.3 Å². The first-order valence-electron chi connectivity index (χ1n) is 10.6. The second kappa shape index (κ2) is 8.44. The number of anilines is 1. The summed E-state index contributed by atoms with van der Waals surface area (Å²) in [5, 5.41) is 4.12. The highest BCUT2D eigenvalue weighted by Crippen LogP contribution is 2.32. The molecule has 1 atom stereocenters. The number of morpholine rings is 1. The Balaban J connectivity index is 1.70. The van der Waals surface area contributed by atoms with Gasteiger partial charge < -0.3 is 9.64 Å². The van der Waals surface area contributed by atoms with E-state index < -0.39 is 17.2 Å². The van der Waals surface area contributed by atoms with E-state index in [1.807, 2.05) is 18.1 Å². The molecule has 176 valence electrons. The number of ether oxygens (including phenoxy) is 1. The standard InChI is InChI=1S/C23H21ClF2N6O2/c1-12-13(2)28-22-21(20-16(25)6-15(24)7-17(20)26)29-19(11-32(22)23(12)33)31-4-5-34-18(10-31)14-8-27-30(3)9-14/h6-9,11,18H,4-5,10H2,1-3H3/t18-/m1/s1. The van der Waals surface area contributed by atoms with Crippen molar-refractivity contribution in [1.82, 2.24) is 24.1 Å². The van der Waals surface area contributed by atoms with Gasteiger partial charge in [-0.3, -0.25) is 13.9 Å². The van der Waals surface area contributed by atoms with Crippen LogP contribution in [0.25, 0.3) is 16.9 Å². The third-order valence-corrected chi connectivity index (χ3v) is 6.22. The van der Waals surface area contributed by atoms with E-state index >= 15 is 0 Å². The van der Waals surface area contributed by atoms with Gasteiger partial charge in [0.05, 0.1) is 31.1 Å². The highest BCUT2D eigenvalue weighted by molar-refractivity contribution is 6.30. The third-order valence-electron chi connectivity index (χ3n) is 6.00. The number of benzene rings is 1. The van der Waals surface area contributed by atoms with E-state index in [1.54, 1.807) is 30.9 Å². The first kappa shape index (κ1) is 22.4. The first-order chi connectivity index (χ1) is 16.2. The fourth-order valence-corrected chi connectivity index (χ4v) is 4.27. The van der Waals surface area contributed by atoms with Gasteiger partial charge in [0, 0.05) is 41.6 Å². The van der Waals surface area contributed by atoms with Gasteiger partial charge in [-0.25, -0.2) is 18.7 Å². The molecule has 0 saturated carbocycles. The van der Waals surface area contributed by atoms with Crippen molar-refractivity contribution in [3.05, 3.63) is 74.6 Å². The van der Waals surface area contributed by atoms with Gasteiger partial charge in [0.1, 0.15) is 29.3 Å². The summed E-state index contributed by atoms with van der Waals surface area (Å²) in [6.45, 7) is 4.63. The summed E-state index contributed by atoms with van der Waals surface area (Å²) in [5.41, 5.74) is 1.05. The van der Waals surface area contributed by atoms with Gasteiger partial charge in [-0.2, -0.15) is 5.10 Å². The Labute approximate surface area is 198 Å². The van der Waals surface area contributed by atoms with Crippen molar-refractivity contribution in [3.63, 3.8) is 0 Å². The molecule has 4 heterocycles. The predicted octanol–water partition coefficient (Wildman–Crippen LogP) is 3.62. The summed E-state index contributed by atoms with van der Waals surface area (Å²) in [4.78, 5) is 24.1. The Morgan fingerprint density at radius 1 is 1.15 bits per heavy atom. The van der Waals surface area contributed by atoms with Crippen molar-refractivity contribution in [2.24, 2.45) is 7.05 Å². The molecule has 1 aromatic carbocycles. The minimum Gasteiger partial charge on any atom is -0.370 e. The van der Waals surface area contributed by atoms with E-state index in [9.17, 15) is 13.6 Å². The van der Waals surface area contributed by atoms with Crippen LogP contribution >= 0.6 is 11.6 Å². The maximum Gasteiger partial charge on any atom is 0.261 e. The van der Waals surface area contributed by atoms with Crippen LogP contribution in [-0.4, -0.2) is 43.8 Å². The van der Waals surface area contributed by atoms with Crippen LogP contribution in [0.4, 0.5) is 14.6 Å². The minimum absolute atomic E-state index is 0.0639. The number of hydrogen-bond acceptors (Lipinski definition) is 6. The average Bonchev–Trinajstić information content (AvgIpc) is 3.23. The molecule has 0 unspecified atom stereocenters. The normalized spacial score (nSPS) is 16.4. The third kappa shape index (κ3) is 3.82. The number of nitrogens with zero attached hydrogens (tertiary/aromatic N) is 6. The molecule has 1 fully saturated rings. The fourth-order valence-electron chi connectivity index (χ4n) is 4.08. The van der Waals surface area contributed by atoms with E-state index in [0.717, 1.165) is 17.7 Å². The van der Waals surface area contributed by atoms with Crippen LogP contribution in [0.2, 0.25) is 5.02 Å². The molecule has 34 heavy (non-hydrogen) atoms. The van der Waals surface area contributed by atoms with Crippen LogP contribution in [0.1, 0.15) is 22.9 Å². The Bertz CT molecular complexity index is 1460. The molecule has 11 heteroatoms. The number of hydrogen-bond donors (Lipinski definition) is 0. The van der Waals surface area contributed by atoms with Crippen molar-refractivity contribution in [3.8, 4) is 11.3 Å². The number of aromatic nitrogens is 5. The number of halogens is 3. The monoisotopic (exact) mass is 486 g/mol. The second-order valence-electron chi connectivity index (χ2n) is 8.27. The van der Waals surface area contributed by atoms with Crippen LogP contribution in [0.15, 0.2) is 35.5 Å². The van der Waals surface area contributed by atoms with Gasteiger partial charge in [-0.15, -0.1) is 0 Å². The van der Waals surface area contributed by atoms with Crippen LogP contribution in [0.5, 0.6) is 0 Å². The molecule has 0 bridgehead atoms. The zero-order chi connectivity index (χ0) is 24.1. The second-order valence-corrected chi connectivity index (χ2v) is 8.70. The summed E-state index contributed by atoms with van der Waals surface area (Å²) in [6, 6.07) is 2.02. The molecular weight excluding hydrogens is 466 g/mol. The van der Waals surface area contributed by atoms with Gasteiger partial charge >= 0.3 is 0 Å². The van der Waals surface area contributed by atoms with Gasteiger partial charge in [0.25, 0.3) is 5.56 Å². The van der Waals surface area contributed by atoms with Gasteiger partial charge in [0.15, 0.2) is 5.65 Å². The lowest BCUT2D eigenvalue weighted by Gasteiger charge is -2.33. The summed E-state index contributed by atoms with van der Waals surface area (Å²) in [6.07, 6.45) is 4.87. The zero-order valence-electron chi connectivity index (χ0n) is 18.7. The lowest BCUT2D eigenvalue weighted by atomic mass is 10.1. The molecule has 1 saturated heterocycles. The summed E-state index contributed by atoms with van der Waals surface area (Å²) < 4.78 is 38.8. The van der Waals surface area contributed by atoms with Crippen LogP contribution < -0.4 is 10.5 Å². The summed E-state index contributed by atoms with van der Waals surface area (Å²) in [7, 11) is 1.82. The van der Waals surface area contributed by atoms with Crippen LogP contribution in [0, 0.1) is 25.5 Å². The molecule has 0 spiro atoms. The summed E-state index contributed by atoms with van der Waals surface area (Å²) >= 11 is 5.83. The highest BCUT2D eigenvalue weighted by Gasteiger charge is 2.27. The van der Waals surface area contributed by atoms with Crippen molar-refractivity contribution in [1.29, 1.82) is 0 Å². The smallest absolute Gasteiger partial charge is 0.261 e. The quantitative estimate of drug-likeness (QED) is 0.440. The molecule has 3 aromatic heterocycles. The molecule has 0 aliphatic carbocycles. The molecule has 5 rings (SSSR count). The van der Waals surface area contributed by atoms with E-state index in [1.165, 1.54) is 4.40 Å². The Hall–Kier alpha value is -3.37. The highest BCUT2D eigenvalue weighted by atomic mass is 35.5. The van der Waals surface area contributed by atoms with Crippen molar-refractivity contribution >= 4 is 23.1 Å². The number of rotatable bonds is 3. The van der Waals surface area contributed by atoms with Gasteiger partial charge in [-0.05, 0) is 26.0 Å². The zero-order valence-corrected chi connectivity index (χ0v) is 19.5. The average molecular weight is 487 g/mol. The first-order valence-corrected chi connectivity index (χ1v) is 11.0.